The van der Waals surface area contributed by atoms with E-state index in [-0.39, 0.29) is 30.2 Å². The first-order valence-corrected chi connectivity index (χ1v) is 12.7. The van der Waals surface area contributed by atoms with Gasteiger partial charge in [-0.1, -0.05) is 24.3 Å². The fraction of sp³-hybridized carbons (Fsp3) is 0.478. The zero-order valence-corrected chi connectivity index (χ0v) is 21.2. The molecule has 2 atom stereocenters. The van der Waals surface area contributed by atoms with E-state index in [2.05, 4.69) is 0 Å². The molecule has 16 heteroatoms. The first kappa shape index (κ1) is 31.0. The van der Waals surface area contributed by atoms with Crippen LogP contribution in [0.3, 0.4) is 0 Å². The van der Waals surface area contributed by atoms with Crippen molar-refractivity contribution in [1.29, 1.82) is 0 Å². The smallest absolute Gasteiger partial charge is 0.376 e. The van der Waals surface area contributed by atoms with E-state index < -0.39 is 56.9 Å². The second-order valence-electron chi connectivity index (χ2n) is 9.36. The number of nitrogens with zero attached hydrogens (tertiary/aromatic N) is 2. The summed E-state index contributed by atoms with van der Waals surface area (Å²) in [5, 5.41) is 9.78. The number of hydrogen-bond donors (Lipinski definition) is 2. The standard InChI is InChI=1S/C23H24F9N3O3S/c1-14-13-34(17-7-3-16(4-8-17)20(33,22(27,28)29)23(30,31)32)11-12-35(14)39(37,38)18-9-5-15(6-10-18)19(2,36)21(24,25)26/h3-10,14,36H,11-13,33H2,1-2H3/t14-,19?/m1/s1. The normalized spacial score (nSPS) is 20.1. The van der Waals surface area contributed by atoms with Gasteiger partial charge in [-0.25, -0.2) is 8.42 Å². The largest absolute Gasteiger partial charge is 0.421 e. The lowest BCUT2D eigenvalue weighted by Crippen LogP contribution is -2.60. The number of nitrogens with two attached hydrogens (primary N) is 1. The molecule has 0 amide bonds. The van der Waals surface area contributed by atoms with Gasteiger partial charge < -0.3 is 15.7 Å². The minimum absolute atomic E-state index is 0.00571. The van der Waals surface area contributed by atoms with Crippen molar-refractivity contribution in [3.63, 3.8) is 0 Å². The molecule has 0 aromatic heterocycles. The minimum atomic E-state index is -5.82. The molecule has 1 saturated heterocycles. The zero-order valence-electron chi connectivity index (χ0n) is 20.4. The molecule has 1 aliphatic heterocycles. The molecule has 6 nitrogen and oxygen atoms in total. The number of rotatable bonds is 5. The summed E-state index contributed by atoms with van der Waals surface area (Å²) in [5.74, 6) is 0. The van der Waals surface area contributed by atoms with Crippen LogP contribution in [0.15, 0.2) is 53.4 Å². The Morgan fingerprint density at radius 2 is 1.26 bits per heavy atom. The van der Waals surface area contributed by atoms with Gasteiger partial charge in [0.15, 0.2) is 5.60 Å². The second kappa shape index (κ2) is 9.82. The summed E-state index contributed by atoms with van der Waals surface area (Å²) in [6.07, 6.45) is -16.6. The number of piperazine rings is 1. The van der Waals surface area contributed by atoms with Gasteiger partial charge in [0.25, 0.3) is 0 Å². The van der Waals surface area contributed by atoms with Crippen molar-refractivity contribution in [1.82, 2.24) is 4.31 Å². The van der Waals surface area contributed by atoms with Crippen LogP contribution >= 0.6 is 0 Å². The maximum absolute atomic E-state index is 13.2. The Hall–Kier alpha value is -2.56. The van der Waals surface area contributed by atoms with Gasteiger partial charge in [-0.3, -0.25) is 0 Å². The summed E-state index contributed by atoms with van der Waals surface area (Å²) in [4.78, 5) is 1.23. The predicted octanol–water partition coefficient (Wildman–Crippen LogP) is 4.63. The molecule has 0 spiro atoms. The molecule has 2 aromatic carbocycles. The number of anilines is 1. The summed E-state index contributed by atoms with van der Waals surface area (Å²) in [6, 6.07) is 6.10. The van der Waals surface area contributed by atoms with Crippen molar-refractivity contribution in [3.8, 4) is 0 Å². The molecule has 0 saturated carbocycles. The molecule has 39 heavy (non-hydrogen) atoms. The number of hydrogen-bond acceptors (Lipinski definition) is 5. The molecule has 3 N–H and O–H groups in total. The average molecular weight is 594 g/mol. The summed E-state index contributed by atoms with van der Waals surface area (Å²) < 4.78 is 146. The summed E-state index contributed by atoms with van der Waals surface area (Å²) >= 11 is 0. The zero-order chi connectivity index (χ0) is 29.8. The third-order valence-corrected chi connectivity index (χ3v) is 8.75. The lowest BCUT2D eigenvalue weighted by Gasteiger charge is -2.40. The highest BCUT2D eigenvalue weighted by molar-refractivity contribution is 7.89. The fourth-order valence-corrected chi connectivity index (χ4v) is 5.82. The van der Waals surface area contributed by atoms with Crippen LogP contribution in [-0.4, -0.2) is 62.0 Å². The Balaban J connectivity index is 1.79. The van der Waals surface area contributed by atoms with E-state index in [1.54, 1.807) is 4.90 Å². The van der Waals surface area contributed by atoms with Crippen LogP contribution in [0.5, 0.6) is 0 Å². The quantitative estimate of drug-likeness (QED) is 0.494. The van der Waals surface area contributed by atoms with E-state index in [1.165, 1.54) is 6.92 Å². The van der Waals surface area contributed by atoms with Crippen molar-refractivity contribution >= 4 is 15.7 Å². The van der Waals surface area contributed by atoms with Crippen LogP contribution in [-0.2, 0) is 21.2 Å². The monoisotopic (exact) mass is 593 g/mol. The van der Waals surface area contributed by atoms with Crippen LogP contribution < -0.4 is 10.6 Å². The van der Waals surface area contributed by atoms with Crippen molar-refractivity contribution in [2.24, 2.45) is 5.73 Å². The van der Waals surface area contributed by atoms with Crippen molar-refractivity contribution in [3.05, 3.63) is 59.7 Å². The van der Waals surface area contributed by atoms with Crippen molar-refractivity contribution < 1.29 is 53.0 Å². The molecular weight excluding hydrogens is 569 g/mol. The molecule has 218 valence electrons. The van der Waals surface area contributed by atoms with Gasteiger partial charge in [0, 0.05) is 31.4 Å². The van der Waals surface area contributed by atoms with Gasteiger partial charge in [0.1, 0.15) is 0 Å². The van der Waals surface area contributed by atoms with Crippen LogP contribution in [0.2, 0.25) is 0 Å². The molecule has 1 unspecified atom stereocenters. The first-order valence-electron chi connectivity index (χ1n) is 11.2. The summed E-state index contributed by atoms with van der Waals surface area (Å²) in [5.41, 5.74) is -4.54. The SMILES string of the molecule is C[C@@H]1CN(c2ccc(C(N)(C(F)(F)F)C(F)(F)F)cc2)CCN1S(=O)(=O)c1ccc(C(C)(O)C(F)(F)F)cc1. The molecule has 0 bridgehead atoms. The maximum Gasteiger partial charge on any atom is 0.421 e. The number of halogens is 9. The highest BCUT2D eigenvalue weighted by Crippen LogP contribution is 2.48. The van der Waals surface area contributed by atoms with Gasteiger partial charge in [0.05, 0.1) is 4.90 Å². The van der Waals surface area contributed by atoms with E-state index in [0.717, 1.165) is 40.7 Å². The second-order valence-corrected chi connectivity index (χ2v) is 11.2. The van der Waals surface area contributed by atoms with Crippen LogP contribution in [0.4, 0.5) is 45.2 Å². The highest BCUT2D eigenvalue weighted by atomic mass is 32.2. The topological polar surface area (TPSA) is 86.9 Å². The Morgan fingerprint density at radius 3 is 1.67 bits per heavy atom. The molecule has 1 fully saturated rings. The Labute approximate surface area is 217 Å². The molecule has 1 aliphatic rings. The van der Waals surface area contributed by atoms with Gasteiger partial charge in [-0.15, -0.1) is 0 Å². The van der Waals surface area contributed by atoms with Gasteiger partial charge >= 0.3 is 18.5 Å². The highest BCUT2D eigenvalue weighted by Gasteiger charge is 2.69. The van der Waals surface area contributed by atoms with Crippen LogP contribution in [0, 0.1) is 0 Å². The van der Waals surface area contributed by atoms with Crippen molar-refractivity contribution in [2.45, 2.75) is 54.5 Å². The van der Waals surface area contributed by atoms with E-state index in [1.807, 2.05) is 0 Å². The van der Waals surface area contributed by atoms with E-state index >= 15 is 0 Å². The Kier molecular flexibility index (Phi) is 7.80. The van der Waals surface area contributed by atoms with E-state index in [0.29, 0.717) is 19.1 Å². The van der Waals surface area contributed by atoms with Gasteiger partial charge in [-0.2, -0.15) is 43.8 Å². The molecule has 0 aliphatic carbocycles. The van der Waals surface area contributed by atoms with Gasteiger partial charge in [-0.05, 0) is 49.2 Å². The molecule has 2 aromatic rings. The third-order valence-electron chi connectivity index (χ3n) is 6.72. The molecule has 1 heterocycles. The van der Waals surface area contributed by atoms with Crippen LogP contribution in [0.1, 0.15) is 25.0 Å². The summed E-state index contributed by atoms with van der Waals surface area (Å²) in [7, 11) is -4.20. The maximum atomic E-state index is 13.2. The molecule has 0 radical (unpaired) electrons. The lowest BCUT2D eigenvalue weighted by atomic mass is 9.89. The molecule has 3 rings (SSSR count). The van der Waals surface area contributed by atoms with Crippen molar-refractivity contribution in [2.75, 3.05) is 24.5 Å². The van der Waals surface area contributed by atoms with E-state index in [9.17, 15) is 53.0 Å². The Morgan fingerprint density at radius 1 is 0.795 bits per heavy atom. The average Bonchev–Trinajstić information content (AvgIpc) is 2.81. The number of alkyl halides is 9. The Bertz CT molecular complexity index is 1260. The predicted molar refractivity (Wildman–Crippen MR) is 122 cm³/mol. The first-order chi connectivity index (χ1) is 17.5. The molecular formula is C23H24F9N3O3S. The van der Waals surface area contributed by atoms with Crippen LogP contribution in [0.25, 0.3) is 0 Å². The van der Waals surface area contributed by atoms with Gasteiger partial charge in [0.2, 0.25) is 15.6 Å². The summed E-state index contributed by atoms with van der Waals surface area (Å²) in [6.45, 7) is 1.92. The minimum Gasteiger partial charge on any atom is -0.376 e. The number of sulfonamides is 1. The third kappa shape index (κ3) is 5.43. The lowest BCUT2D eigenvalue weighted by molar-refractivity contribution is -0.301. The number of benzene rings is 2. The fourth-order valence-electron chi connectivity index (χ4n) is 4.21. The number of aliphatic hydroxyl groups is 1. The van der Waals surface area contributed by atoms with E-state index in [4.69, 9.17) is 5.73 Å².